The Balaban J connectivity index is 2.96. The summed E-state index contributed by atoms with van der Waals surface area (Å²) in [6, 6.07) is 0. The topological polar surface area (TPSA) is 32.6 Å². The van der Waals surface area contributed by atoms with Crippen molar-refractivity contribution < 1.29 is 5.11 Å². The second-order valence-electron chi connectivity index (χ2n) is 3.58. The maximum atomic E-state index is 8.56. The molecule has 1 N–H and O–H groups in total. The molecule has 3 heteroatoms. The molecule has 0 spiro atoms. The van der Waals surface area contributed by atoms with Gasteiger partial charge in [0.2, 0.25) is 0 Å². The van der Waals surface area contributed by atoms with Gasteiger partial charge in [-0.15, -0.1) is 0 Å². The molecule has 0 aromatic heterocycles. The molecule has 0 aliphatic rings. The quantitative estimate of drug-likeness (QED) is 0.476. The first-order valence-corrected chi connectivity index (χ1v) is 6.59. The maximum absolute atomic E-state index is 8.56. The number of aliphatic hydroxyl groups is 1. The van der Waals surface area contributed by atoms with E-state index in [2.05, 4.69) is 4.99 Å². The van der Waals surface area contributed by atoms with Gasteiger partial charge in [0, 0.05) is 18.0 Å². The maximum Gasteiger partial charge on any atom is 0.0521 e. The molecule has 0 saturated heterocycles. The van der Waals surface area contributed by atoms with E-state index in [0.29, 0.717) is 6.61 Å². The Labute approximate surface area is 92.2 Å². The van der Waals surface area contributed by atoms with E-state index >= 15 is 0 Å². The summed E-state index contributed by atoms with van der Waals surface area (Å²) in [7, 11) is 0. The zero-order chi connectivity index (χ0) is 10.6. The number of aliphatic hydroxyl groups excluding tert-OH is 1. The third kappa shape index (κ3) is 12.0. The summed E-state index contributed by atoms with van der Waals surface area (Å²) in [6.45, 7) is 5.40. The van der Waals surface area contributed by atoms with Crippen LogP contribution < -0.4 is 0 Å². The van der Waals surface area contributed by atoms with Crippen LogP contribution in [-0.2, 0) is 0 Å². The van der Waals surface area contributed by atoms with Crippen molar-refractivity contribution >= 4 is 17.5 Å². The van der Waals surface area contributed by atoms with E-state index in [1.54, 1.807) is 0 Å². The summed E-state index contributed by atoms with van der Waals surface area (Å²) in [5.74, 6) is 2.08. The van der Waals surface area contributed by atoms with E-state index in [1.165, 1.54) is 37.1 Å². The van der Waals surface area contributed by atoms with Gasteiger partial charge < -0.3 is 5.11 Å². The van der Waals surface area contributed by atoms with Gasteiger partial charge in [-0.25, -0.2) is 0 Å². The van der Waals surface area contributed by atoms with E-state index in [1.807, 2.05) is 25.6 Å². The van der Waals surface area contributed by atoms with Crippen LogP contribution >= 0.6 is 11.8 Å². The van der Waals surface area contributed by atoms with Crippen LogP contribution in [0, 0.1) is 0 Å². The van der Waals surface area contributed by atoms with E-state index in [-0.39, 0.29) is 0 Å². The van der Waals surface area contributed by atoms with Crippen molar-refractivity contribution in [2.75, 3.05) is 24.7 Å². The van der Waals surface area contributed by atoms with Crippen LogP contribution in [0.2, 0.25) is 0 Å². The summed E-state index contributed by atoms with van der Waals surface area (Å²) in [5, 5.41) is 8.56. The standard InChI is InChI=1S/C11H23NOS/c1-11(2)12-7-5-3-4-6-9-14-10-8-13/h13H,3-10H2,1-2H3. The number of thioether (sulfide) groups is 1. The summed E-state index contributed by atoms with van der Waals surface area (Å²) in [5.41, 5.74) is 1.18. The number of hydrogen-bond acceptors (Lipinski definition) is 3. The Bertz CT molecular complexity index is 144. The predicted octanol–water partition coefficient (Wildman–Crippen LogP) is 2.75. The highest BCUT2D eigenvalue weighted by Gasteiger charge is 1.90. The van der Waals surface area contributed by atoms with Gasteiger partial charge in [-0.3, -0.25) is 4.99 Å². The van der Waals surface area contributed by atoms with Gasteiger partial charge in [0.05, 0.1) is 6.61 Å². The smallest absolute Gasteiger partial charge is 0.0521 e. The highest BCUT2D eigenvalue weighted by Crippen LogP contribution is 2.07. The minimum Gasteiger partial charge on any atom is -0.396 e. The Morgan fingerprint density at radius 2 is 1.79 bits per heavy atom. The van der Waals surface area contributed by atoms with Gasteiger partial charge >= 0.3 is 0 Å². The second kappa shape index (κ2) is 11.1. The lowest BCUT2D eigenvalue weighted by Crippen LogP contribution is -1.90. The van der Waals surface area contributed by atoms with E-state index in [9.17, 15) is 0 Å². The Morgan fingerprint density at radius 3 is 2.43 bits per heavy atom. The molecule has 0 radical (unpaired) electrons. The van der Waals surface area contributed by atoms with Crippen molar-refractivity contribution in [2.45, 2.75) is 39.5 Å². The average molecular weight is 217 g/mol. The lowest BCUT2D eigenvalue weighted by Gasteiger charge is -1.99. The molecule has 14 heavy (non-hydrogen) atoms. The van der Waals surface area contributed by atoms with Crippen molar-refractivity contribution in [3.05, 3.63) is 0 Å². The summed E-state index contributed by atoms with van der Waals surface area (Å²) in [6.07, 6.45) is 5.09. The molecule has 84 valence electrons. The van der Waals surface area contributed by atoms with Crippen molar-refractivity contribution in [2.24, 2.45) is 4.99 Å². The first-order valence-electron chi connectivity index (χ1n) is 5.43. The molecule has 0 aromatic carbocycles. The van der Waals surface area contributed by atoms with Crippen molar-refractivity contribution in [1.29, 1.82) is 0 Å². The fourth-order valence-electron chi connectivity index (χ4n) is 1.14. The Hall–Kier alpha value is -0.0200. The number of hydrogen-bond donors (Lipinski definition) is 1. The van der Waals surface area contributed by atoms with Crippen molar-refractivity contribution in [3.8, 4) is 0 Å². The third-order valence-electron chi connectivity index (χ3n) is 1.86. The van der Waals surface area contributed by atoms with Gasteiger partial charge in [0.15, 0.2) is 0 Å². The fraction of sp³-hybridized carbons (Fsp3) is 0.909. The Morgan fingerprint density at radius 1 is 1.07 bits per heavy atom. The van der Waals surface area contributed by atoms with Crippen LogP contribution in [0.5, 0.6) is 0 Å². The molecule has 0 heterocycles. The summed E-state index contributed by atoms with van der Waals surface area (Å²) >= 11 is 1.84. The minimum atomic E-state index is 0.315. The summed E-state index contributed by atoms with van der Waals surface area (Å²) < 4.78 is 0. The van der Waals surface area contributed by atoms with E-state index < -0.39 is 0 Å². The van der Waals surface area contributed by atoms with Gasteiger partial charge in [-0.2, -0.15) is 11.8 Å². The molecule has 0 bridgehead atoms. The number of nitrogens with zero attached hydrogens (tertiary/aromatic N) is 1. The number of unbranched alkanes of at least 4 members (excludes halogenated alkanes) is 3. The molecule has 0 unspecified atom stereocenters. The normalized spacial score (nSPS) is 10.2. The van der Waals surface area contributed by atoms with E-state index in [0.717, 1.165) is 12.3 Å². The SMILES string of the molecule is CC(C)=NCCCCCCSCCO. The predicted molar refractivity (Wildman–Crippen MR) is 66.5 cm³/mol. The number of rotatable bonds is 9. The average Bonchev–Trinajstić information content (AvgIpc) is 2.15. The lowest BCUT2D eigenvalue weighted by atomic mass is 10.2. The molecule has 0 saturated carbocycles. The Kier molecular flexibility index (Phi) is 11.0. The molecule has 0 atom stereocenters. The highest BCUT2D eigenvalue weighted by molar-refractivity contribution is 7.99. The van der Waals surface area contributed by atoms with Gasteiger partial charge in [-0.05, 0) is 32.4 Å². The van der Waals surface area contributed by atoms with Crippen LogP contribution in [0.25, 0.3) is 0 Å². The highest BCUT2D eigenvalue weighted by atomic mass is 32.2. The first kappa shape index (κ1) is 14.0. The molecule has 0 amide bonds. The van der Waals surface area contributed by atoms with Crippen LogP contribution in [0.15, 0.2) is 4.99 Å². The van der Waals surface area contributed by atoms with Crippen molar-refractivity contribution in [1.82, 2.24) is 0 Å². The molecule has 0 aliphatic carbocycles. The van der Waals surface area contributed by atoms with Crippen molar-refractivity contribution in [3.63, 3.8) is 0 Å². The zero-order valence-corrected chi connectivity index (χ0v) is 10.3. The molecular formula is C11H23NOS. The van der Waals surface area contributed by atoms with Crippen LogP contribution in [0.4, 0.5) is 0 Å². The van der Waals surface area contributed by atoms with Crippen LogP contribution in [0.1, 0.15) is 39.5 Å². The third-order valence-corrected chi connectivity index (χ3v) is 2.91. The second-order valence-corrected chi connectivity index (χ2v) is 4.80. The van der Waals surface area contributed by atoms with Gasteiger partial charge in [-0.1, -0.05) is 12.8 Å². The number of aliphatic imine (C=N–C) groups is 1. The minimum absolute atomic E-state index is 0.315. The van der Waals surface area contributed by atoms with Gasteiger partial charge in [0.1, 0.15) is 0 Å². The molecule has 0 aliphatic heterocycles. The lowest BCUT2D eigenvalue weighted by molar-refractivity contribution is 0.322. The van der Waals surface area contributed by atoms with E-state index in [4.69, 9.17) is 5.11 Å². The molecule has 0 rings (SSSR count). The zero-order valence-electron chi connectivity index (χ0n) is 9.46. The monoisotopic (exact) mass is 217 g/mol. The molecule has 0 aromatic rings. The largest absolute Gasteiger partial charge is 0.396 e. The van der Waals surface area contributed by atoms with Crippen LogP contribution in [0.3, 0.4) is 0 Å². The van der Waals surface area contributed by atoms with Gasteiger partial charge in [0.25, 0.3) is 0 Å². The first-order chi connectivity index (χ1) is 6.77. The molecule has 2 nitrogen and oxygen atoms in total. The van der Waals surface area contributed by atoms with Crippen LogP contribution in [-0.4, -0.2) is 35.5 Å². The fourth-order valence-corrected chi connectivity index (χ4v) is 1.88. The summed E-state index contributed by atoms with van der Waals surface area (Å²) in [4.78, 5) is 4.35. The molecular weight excluding hydrogens is 194 g/mol. The molecule has 0 fully saturated rings.